The van der Waals surface area contributed by atoms with E-state index >= 15 is 24.0 Å². The topological polar surface area (TPSA) is 562 Å². The number of phenols is 2. The van der Waals surface area contributed by atoms with Crippen LogP contribution in [0.4, 0.5) is 0 Å². The van der Waals surface area contributed by atoms with Crippen molar-refractivity contribution in [1.29, 1.82) is 5.41 Å². The summed E-state index contributed by atoms with van der Waals surface area (Å²) in [5.41, 5.74) is 26.8. The Kier molecular flexibility index (Phi) is 30.4. The van der Waals surface area contributed by atoms with E-state index in [0.717, 1.165) is 33.3 Å². The molecule has 12 atom stereocenters. The van der Waals surface area contributed by atoms with Crippen molar-refractivity contribution in [2.75, 3.05) is 42.6 Å². The van der Waals surface area contributed by atoms with Crippen LogP contribution < -0.4 is 76.1 Å². The summed E-state index contributed by atoms with van der Waals surface area (Å²) < 4.78 is 0. The summed E-state index contributed by atoms with van der Waals surface area (Å²) in [4.78, 5) is 203. The average molecular weight is 1590 g/mol. The van der Waals surface area contributed by atoms with Crippen LogP contribution in [0.3, 0.4) is 0 Å². The maximum atomic E-state index is 15.4. The highest BCUT2D eigenvalue weighted by molar-refractivity contribution is 8.76. The van der Waals surface area contributed by atoms with Gasteiger partial charge in [0.1, 0.15) is 71.9 Å². The van der Waals surface area contributed by atoms with Gasteiger partial charge in [-0.2, -0.15) is 0 Å². The van der Waals surface area contributed by atoms with E-state index in [1.807, 2.05) is 0 Å². The Hall–Kier alpha value is -11.4. The van der Waals surface area contributed by atoms with Gasteiger partial charge in [0.05, 0.1) is 24.5 Å². The second-order valence-corrected chi connectivity index (χ2v) is 30.7. The molecule has 35 nitrogen and oxygen atoms in total. The first kappa shape index (κ1) is 83.7. The third-order valence-corrected chi connectivity index (χ3v) is 22.2. The summed E-state index contributed by atoms with van der Waals surface area (Å²) in [7, 11) is 1.83. The van der Waals surface area contributed by atoms with E-state index < -0.39 is 161 Å². The van der Waals surface area contributed by atoms with E-state index in [1.54, 1.807) is 72.9 Å². The molecule has 4 aromatic carbocycles. The Morgan fingerprint density at radius 2 is 1.33 bits per heavy atom. The lowest BCUT2D eigenvalue weighted by atomic mass is 10.00. The highest BCUT2D eigenvalue weighted by Crippen LogP contribution is 2.27. The molecule has 6 heterocycles. The van der Waals surface area contributed by atoms with Gasteiger partial charge in [-0.05, 0) is 91.6 Å². The number of nitrogens with two attached hydrogens (primary N) is 4. The van der Waals surface area contributed by atoms with Gasteiger partial charge in [-0.1, -0.05) is 94.4 Å². The number of aromatic hydroxyl groups is 2. The minimum atomic E-state index is -1.83. The zero-order valence-electron chi connectivity index (χ0n) is 60.6. The molecule has 111 heavy (non-hydrogen) atoms. The van der Waals surface area contributed by atoms with Crippen LogP contribution >= 0.6 is 33.3 Å². The number of carbonyl (C=O) groups excluding carboxylic acids is 13. The summed E-state index contributed by atoms with van der Waals surface area (Å²) in [5.74, 6) is -13.5. The molecule has 4 aliphatic heterocycles. The Morgan fingerprint density at radius 3 is 2.02 bits per heavy atom. The molecule has 0 aliphatic carbocycles. The van der Waals surface area contributed by atoms with E-state index in [0.29, 0.717) is 38.9 Å². The van der Waals surface area contributed by atoms with Gasteiger partial charge in [0.2, 0.25) is 76.8 Å². The number of amides is 13. The molecule has 10 rings (SSSR count). The van der Waals surface area contributed by atoms with Crippen molar-refractivity contribution in [2.24, 2.45) is 22.9 Å². The van der Waals surface area contributed by atoms with Crippen LogP contribution in [-0.4, -0.2) is 233 Å². The SMILES string of the molecule is C[C@@H]1NC(=O)[C@H](CC(N)=O)NC(=O)[C@H](Cc2c[nH]c3ccccc23)N2C[C@H](CCCNC(=N)N)NC(=O)[C@@H](CSCC2=O)NC(=O)[C@@H]2CCCN2C(=O)[C@H](Cc2cnc[nH]2)NC(=O)[C@@H](NC(=O)[C@@H](N)Cc2ccc(O)cc2)CSSC[C@@H](C(=O)N[C@@H](Cc2ccc(O)cc2)C(N)=O)NC(=O)[C@H](Cc2ccccc2)NC1=O. The highest BCUT2D eigenvalue weighted by atomic mass is 33.1. The number of imidazole rings is 1. The van der Waals surface area contributed by atoms with Crippen molar-refractivity contribution in [3.8, 4) is 11.5 Å². The molecule has 38 heteroatoms. The summed E-state index contributed by atoms with van der Waals surface area (Å²) >= 11 is 0.946. The number of guanidine groups is 1. The number of hydrogen-bond acceptors (Lipinski definition) is 21. The summed E-state index contributed by atoms with van der Waals surface area (Å²) in [6, 6.07) is 9.61. The molecular formula is C73H92N20O15S3. The molecule has 2 bridgehead atoms. The second kappa shape index (κ2) is 40.3. The fourth-order valence-electron chi connectivity index (χ4n) is 12.9. The normalized spacial score (nSPS) is 23.2. The molecule has 2 aromatic heterocycles. The molecular weight excluding hydrogens is 1490 g/mol. The van der Waals surface area contributed by atoms with Gasteiger partial charge >= 0.3 is 0 Å². The van der Waals surface area contributed by atoms with Gasteiger partial charge in [0.15, 0.2) is 5.96 Å². The number of nitrogens with one attached hydrogen (secondary N) is 13. The van der Waals surface area contributed by atoms with Gasteiger partial charge < -0.3 is 106 Å². The number of nitrogens with zero attached hydrogens (tertiary/aromatic N) is 3. The van der Waals surface area contributed by atoms with Crippen LogP contribution in [0, 0.1) is 5.41 Å². The number of thioether (sulfide) groups is 1. The first-order valence-corrected chi connectivity index (χ1v) is 39.5. The van der Waals surface area contributed by atoms with Crippen LogP contribution in [0.1, 0.15) is 67.0 Å². The minimum Gasteiger partial charge on any atom is -0.508 e. The number of hydrogen-bond donors (Lipinski definition) is 19. The number of benzene rings is 4. The first-order chi connectivity index (χ1) is 53.2. The number of aromatic nitrogens is 3. The molecule has 0 radical (unpaired) electrons. The molecule has 592 valence electrons. The van der Waals surface area contributed by atoms with Crippen molar-refractivity contribution in [1.82, 2.24) is 77.9 Å². The smallest absolute Gasteiger partial charge is 0.246 e. The lowest BCUT2D eigenvalue weighted by molar-refractivity contribution is -0.142. The van der Waals surface area contributed by atoms with E-state index in [4.69, 9.17) is 28.3 Å². The molecule has 6 aromatic rings. The number of phenolic OH excluding ortho intramolecular Hbond substituents is 2. The van der Waals surface area contributed by atoms with Gasteiger partial charge in [-0.15, -0.1) is 11.8 Å². The monoisotopic (exact) mass is 1580 g/mol. The van der Waals surface area contributed by atoms with Crippen molar-refractivity contribution in [2.45, 2.75) is 144 Å². The van der Waals surface area contributed by atoms with Gasteiger partial charge in [0, 0.05) is 97.6 Å². The Bertz CT molecular complexity index is 4310. The number of primary amides is 2. The lowest BCUT2D eigenvalue weighted by Crippen LogP contribution is -2.62. The summed E-state index contributed by atoms with van der Waals surface area (Å²) in [6.45, 7) is 0.990. The van der Waals surface area contributed by atoms with Crippen molar-refractivity contribution < 1.29 is 72.5 Å². The molecule has 23 N–H and O–H groups in total. The number of aromatic amines is 2. The number of fused-ring (bicyclic) bond motifs is 29. The second-order valence-electron chi connectivity index (χ2n) is 27.1. The standard InChI is InChI=1S/C73H92N20O15S3/c1-39-63(99)86-52(27-40-9-3-2-4-10-40)66(102)90-57(68(104)85-51(62(76)98)26-42-17-21-47(95)22-18-42)36-111-110-35-56(89-64(100)49(74)25-41-15-19-46(94)20-16-41)69(105)88-54(29-45-32-79-38-82-45)72(108)92-24-8-14-58(92)70(106)91-55-34-109-37-61(97)93(33-44(84-67(55)103)11-7-23-80-73(77)78)59(28-43-31-81-50-13-6-5-12-48(43)50)71(107)87-53(30-60(75)96)65(101)83-39/h2-6,9-10,12-13,15-22,31-32,38-39,44,49,51-59,81,94-95H,7-8,11,14,23-30,33-37,74H2,1H3,(H2,75,96)(H2,76,98)(H,79,82)(H,83,101)(H,84,103)(H,85,104)(H,86,99)(H,87,107)(H,88,105)(H,89,100)(H,90,102)(H,91,106)(H4,77,78,80)/t39-,44-,49-,51-,52-,53-,54-,55+,56-,57-,58-,59-/m0/s1. The van der Waals surface area contributed by atoms with Crippen LogP contribution in [0.2, 0.25) is 0 Å². The summed E-state index contributed by atoms with van der Waals surface area (Å²) in [5, 5.41) is 55.5. The molecule has 4 aliphatic rings. The third kappa shape index (κ3) is 24.6. The van der Waals surface area contributed by atoms with Gasteiger partial charge in [-0.25, -0.2) is 4.98 Å². The largest absolute Gasteiger partial charge is 0.508 e. The predicted octanol–water partition coefficient (Wildman–Crippen LogP) is -2.52. The maximum absolute atomic E-state index is 15.4. The van der Waals surface area contributed by atoms with E-state index in [9.17, 15) is 48.6 Å². The quantitative estimate of drug-likeness (QED) is 0.0116. The van der Waals surface area contributed by atoms with Crippen LogP contribution in [0.15, 0.2) is 122 Å². The molecule has 0 unspecified atom stereocenters. The minimum absolute atomic E-state index is 0.000619. The van der Waals surface area contributed by atoms with E-state index in [-0.39, 0.29) is 112 Å². The molecule has 0 saturated carbocycles. The van der Waals surface area contributed by atoms with Crippen molar-refractivity contribution >= 4 is 127 Å². The fraction of sp³-hybridized carbons (Fsp3) is 0.411. The van der Waals surface area contributed by atoms with Gasteiger partial charge in [-0.3, -0.25) is 67.7 Å². The predicted molar refractivity (Wildman–Crippen MR) is 414 cm³/mol. The Labute approximate surface area is 650 Å². The Balaban J connectivity index is 1.10. The van der Waals surface area contributed by atoms with Crippen LogP contribution in [0.5, 0.6) is 11.5 Å². The van der Waals surface area contributed by atoms with Gasteiger partial charge in [0.25, 0.3) is 0 Å². The van der Waals surface area contributed by atoms with Crippen molar-refractivity contribution in [3.05, 3.63) is 150 Å². The van der Waals surface area contributed by atoms with E-state index in [2.05, 4.69) is 68.1 Å². The number of para-hydroxylation sites is 1. The number of H-pyrrole nitrogens is 2. The molecule has 13 amide bonds. The molecule has 4 fully saturated rings. The van der Waals surface area contributed by atoms with Crippen LogP contribution in [-0.2, 0) is 94.4 Å². The average Bonchev–Trinajstić information content (AvgIpc) is 1.78. The van der Waals surface area contributed by atoms with E-state index in [1.165, 1.54) is 65.6 Å². The lowest BCUT2D eigenvalue weighted by Gasteiger charge is -2.36. The number of carbonyl (C=O) groups is 13. The molecule has 4 saturated heterocycles. The van der Waals surface area contributed by atoms with Crippen LogP contribution in [0.25, 0.3) is 10.9 Å². The zero-order chi connectivity index (χ0) is 79.8. The maximum Gasteiger partial charge on any atom is 0.246 e. The zero-order valence-corrected chi connectivity index (χ0v) is 63.0. The first-order valence-electron chi connectivity index (χ1n) is 35.8. The highest BCUT2D eigenvalue weighted by Gasteiger charge is 2.43. The van der Waals surface area contributed by atoms with Crippen molar-refractivity contribution in [3.63, 3.8) is 0 Å². The number of rotatable bonds is 21. The molecule has 0 spiro atoms. The Morgan fingerprint density at radius 1 is 0.667 bits per heavy atom. The summed E-state index contributed by atoms with van der Waals surface area (Å²) in [6.07, 6.45) is 3.29. The third-order valence-electron chi connectivity index (χ3n) is 18.8. The fourth-order valence-corrected chi connectivity index (χ4v) is 16.1.